The van der Waals surface area contributed by atoms with Crippen molar-refractivity contribution in [1.29, 1.82) is 0 Å². The van der Waals surface area contributed by atoms with Crippen LogP contribution in [0.2, 0.25) is 0 Å². The Balaban J connectivity index is 1.21. The fourth-order valence-electron chi connectivity index (χ4n) is 6.44. The van der Waals surface area contributed by atoms with Gasteiger partial charge in [-0.05, 0) is 87.6 Å². The Morgan fingerprint density at radius 3 is 2.35 bits per heavy atom. The van der Waals surface area contributed by atoms with Crippen LogP contribution >= 0.6 is 0 Å². The summed E-state index contributed by atoms with van der Waals surface area (Å²) in [6.07, 6.45) is 16.6. The Morgan fingerprint density at radius 2 is 1.63 bits per heavy atom. The number of nitrogens with zero attached hydrogens (tertiary/aromatic N) is 2. The highest BCUT2D eigenvalue weighted by Gasteiger charge is 2.25. The molecule has 0 radical (unpaired) electrons. The summed E-state index contributed by atoms with van der Waals surface area (Å²) in [4.78, 5) is 27.5. The van der Waals surface area contributed by atoms with Crippen molar-refractivity contribution in [2.75, 3.05) is 39.3 Å². The largest absolute Gasteiger partial charge is 0.493 e. The van der Waals surface area contributed by atoms with Crippen LogP contribution in [0, 0.1) is 5.92 Å². The Morgan fingerprint density at radius 1 is 0.884 bits per heavy atom. The summed E-state index contributed by atoms with van der Waals surface area (Å²) in [6, 6.07) is 16.0. The lowest BCUT2D eigenvalue weighted by Gasteiger charge is -2.38. The van der Waals surface area contributed by atoms with Gasteiger partial charge in [0.1, 0.15) is 5.75 Å². The minimum absolute atomic E-state index is 0.178. The van der Waals surface area contributed by atoms with Crippen molar-refractivity contribution in [3.05, 3.63) is 71.3 Å². The van der Waals surface area contributed by atoms with E-state index in [1.54, 1.807) is 12.1 Å². The zero-order chi connectivity index (χ0) is 30.3. The normalized spacial score (nSPS) is 17.4. The second kappa shape index (κ2) is 17.8. The maximum absolute atomic E-state index is 11.2. The van der Waals surface area contributed by atoms with E-state index in [-0.39, 0.29) is 17.9 Å². The van der Waals surface area contributed by atoms with E-state index in [0.29, 0.717) is 13.0 Å². The van der Waals surface area contributed by atoms with Crippen molar-refractivity contribution in [2.24, 2.45) is 5.92 Å². The number of hydrogen-bond acceptors (Lipinski definition) is 5. The maximum atomic E-state index is 11.2. The number of piperazine rings is 1. The Hall–Kier alpha value is -3.16. The first-order valence-electron chi connectivity index (χ1n) is 16.4. The monoisotopic (exact) mass is 590 g/mol. The van der Waals surface area contributed by atoms with Gasteiger partial charge < -0.3 is 19.8 Å². The second-order valence-electron chi connectivity index (χ2n) is 12.2. The lowest BCUT2D eigenvalue weighted by Crippen LogP contribution is -2.49. The predicted molar refractivity (Wildman–Crippen MR) is 172 cm³/mol. The molecule has 1 unspecified atom stereocenters. The minimum atomic E-state index is -0.930. The first kappa shape index (κ1) is 32.7. The van der Waals surface area contributed by atoms with Crippen molar-refractivity contribution >= 4 is 18.0 Å². The van der Waals surface area contributed by atoms with Crippen molar-refractivity contribution < 1.29 is 24.5 Å². The average Bonchev–Trinajstić information content (AvgIpc) is 3.56. The molecule has 2 aromatic carbocycles. The Bertz CT molecular complexity index is 1150. The number of ether oxygens (including phenoxy) is 1. The number of aliphatic carboxylic acids is 1. The number of carbonyl (C=O) groups is 2. The second-order valence-corrected chi connectivity index (χ2v) is 12.2. The van der Waals surface area contributed by atoms with Crippen LogP contribution in [0.5, 0.6) is 5.75 Å². The first-order chi connectivity index (χ1) is 21.0. The first-order valence-corrected chi connectivity index (χ1v) is 16.4. The lowest BCUT2D eigenvalue weighted by atomic mass is 9.92. The van der Waals surface area contributed by atoms with E-state index in [1.165, 1.54) is 71.2 Å². The van der Waals surface area contributed by atoms with Gasteiger partial charge in [0.2, 0.25) is 0 Å². The van der Waals surface area contributed by atoms with Crippen LogP contribution in [0.25, 0.3) is 6.08 Å². The van der Waals surface area contributed by atoms with E-state index >= 15 is 0 Å². The number of hydrogen-bond donors (Lipinski definition) is 2. The summed E-state index contributed by atoms with van der Waals surface area (Å²) in [7, 11) is 0. The molecule has 1 aliphatic carbocycles. The molecule has 234 valence electrons. The number of benzene rings is 2. The molecular formula is C36H50N2O5. The summed E-state index contributed by atoms with van der Waals surface area (Å²) >= 11 is 0. The summed E-state index contributed by atoms with van der Waals surface area (Å²) < 4.78 is 6.22. The standard InChI is InChI=1S/C36H50N2O5/c39-35(40)15-7-2-10-29(28-30-17-20-32(21-18-30)36(41)42)16-19-31-11-3-6-14-34(31)43-27-9-1-8-22-37-23-25-38(26-24-37)33-12-4-5-13-33/h3,6,11,14,16-21,29,33H,1-2,4-5,7-10,12-13,15,22-28H2,(H,39,40)(H,41,42)/b19-16+. The number of aromatic carboxylic acids is 1. The Labute approximate surface area is 257 Å². The smallest absolute Gasteiger partial charge is 0.335 e. The molecule has 2 N–H and O–H groups in total. The highest BCUT2D eigenvalue weighted by atomic mass is 16.5. The molecule has 0 aromatic heterocycles. The van der Waals surface area contributed by atoms with Crippen LogP contribution in [0.15, 0.2) is 54.6 Å². The molecule has 0 spiro atoms. The number of carboxylic acids is 2. The van der Waals surface area contributed by atoms with Gasteiger partial charge in [-0.1, -0.05) is 61.7 Å². The minimum Gasteiger partial charge on any atom is -0.493 e. The predicted octanol–water partition coefficient (Wildman–Crippen LogP) is 7.01. The van der Waals surface area contributed by atoms with Crippen molar-refractivity contribution in [1.82, 2.24) is 9.80 Å². The molecule has 2 aromatic rings. The Kier molecular flexibility index (Phi) is 13.6. The van der Waals surface area contributed by atoms with Crippen molar-refractivity contribution in [3.8, 4) is 5.75 Å². The van der Waals surface area contributed by atoms with Crippen molar-refractivity contribution in [2.45, 2.75) is 83.1 Å². The van der Waals surface area contributed by atoms with E-state index in [1.807, 2.05) is 30.3 Å². The SMILES string of the molecule is O=C(O)CCCCC(/C=C/c1ccccc1OCCCCCN1CCN(C2CCCC2)CC1)Cc1ccc(C(=O)O)cc1. The molecule has 4 rings (SSSR count). The average molecular weight is 591 g/mol. The number of para-hydroxylation sites is 1. The van der Waals surface area contributed by atoms with Gasteiger partial charge in [-0.25, -0.2) is 4.79 Å². The molecular weight excluding hydrogens is 540 g/mol. The molecule has 1 saturated heterocycles. The molecule has 7 nitrogen and oxygen atoms in total. The summed E-state index contributed by atoms with van der Waals surface area (Å²) in [6.45, 7) is 6.78. The van der Waals surface area contributed by atoms with Crippen LogP contribution < -0.4 is 4.74 Å². The van der Waals surface area contributed by atoms with E-state index in [2.05, 4.69) is 28.0 Å². The zero-order valence-electron chi connectivity index (χ0n) is 25.7. The zero-order valence-corrected chi connectivity index (χ0v) is 25.7. The van der Waals surface area contributed by atoms with Gasteiger partial charge in [-0.2, -0.15) is 0 Å². The molecule has 1 aliphatic heterocycles. The molecule has 7 heteroatoms. The summed E-state index contributed by atoms with van der Waals surface area (Å²) in [5.41, 5.74) is 2.39. The van der Waals surface area contributed by atoms with E-state index < -0.39 is 11.9 Å². The van der Waals surface area contributed by atoms with Crippen LogP contribution in [-0.4, -0.2) is 77.3 Å². The maximum Gasteiger partial charge on any atom is 0.335 e. The van der Waals surface area contributed by atoms with Gasteiger partial charge in [-0.15, -0.1) is 0 Å². The van der Waals surface area contributed by atoms with Crippen LogP contribution in [0.3, 0.4) is 0 Å². The fraction of sp³-hybridized carbons (Fsp3) is 0.556. The molecule has 0 bridgehead atoms. The molecule has 2 fully saturated rings. The van der Waals surface area contributed by atoms with Gasteiger partial charge in [0.15, 0.2) is 0 Å². The van der Waals surface area contributed by atoms with Gasteiger partial charge in [-0.3, -0.25) is 9.69 Å². The molecule has 1 heterocycles. The summed E-state index contributed by atoms with van der Waals surface area (Å²) in [5, 5.41) is 18.2. The number of carboxylic acid groups (broad SMARTS) is 2. The number of allylic oxidation sites excluding steroid dienone is 1. The highest BCUT2D eigenvalue weighted by Crippen LogP contribution is 2.25. The third-order valence-electron chi connectivity index (χ3n) is 9.01. The van der Waals surface area contributed by atoms with E-state index in [9.17, 15) is 14.7 Å². The third kappa shape index (κ3) is 11.5. The topological polar surface area (TPSA) is 90.3 Å². The van der Waals surface area contributed by atoms with Gasteiger partial charge in [0, 0.05) is 44.2 Å². The third-order valence-corrected chi connectivity index (χ3v) is 9.01. The fourth-order valence-corrected chi connectivity index (χ4v) is 6.44. The quantitative estimate of drug-likeness (QED) is 0.181. The number of rotatable bonds is 18. The molecule has 1 saturated carbocycles. The lowest BCUT2D eigenvalue weighted by molar-refractivity contribution is -0.137. The molecule has 43 heavy (non-hydrogen) atoms. The van der Waals surface area contributed by atoms with Gasteiger partial charge in [0.25, 0.3) is 0 Å². The van der Waals surface area contributed by atoms with E-state index in [0.717, 1.165) is 48.6 Å². The summed E-state index contributed by atoms with van der Waals surface area (Å²) in [5.74, 6) is -0.601. The molecule has 0 amide bonds. The van der Waals surface area contributed by atoms with Gasteiger partial charge in [0.05, 0.1) is 12.2 Å². The van der Waals surface area contributed by atoms with Crippen LogP contribution in [0.4, 0.5) is 0 Å². The highest BCUT2D eigenvalue weighted by molar-refractivity contribution is 5.87. The van der Waals surface area contributed by atoms with Crippen molar-refractivity contribution in [3.63, 3.8) is 0 Å². The van der Waals surface area contributed by atoms with Crippen LogP contribution in [0.1, 0.15) is 92.1 Å². The van der Waals surface area contributed by atoms with E-state index in [4.69, 9.17) is 9.84 Å². The molecule has 1 atom stereocenters. The van der Waals surface area contributed by atoms with Crippen LogP contribution in [-0.2, 0) is 11.2 Å². The molecule has 2 aliphatic rings. The number of unbranched alkanes of at least 4 members (excludes halogenated alkanes) is 3. The van der Waals surface area contributed by atoms with Gasteiger partial charge >= 0.3 is 11.9 Å².